The molecule has 1 aromatic heterocycles. The number of nitrogens with zero attached hydrogens (tertiary/aromatic N) is 2. The summed E-state index contributed by atoms with van der Waals surface area (Å²) in [6.45, 7) is 7.06. The molecule has 0 saturated heterocycles. The molecule has 106 valence electrons. The molecule has 0 spiro atoms. The monoisotopic (exact) mass is 353 g/mol. The zero-order valence-corrected chi connectivity index (χ0v) is 14.1. The minimum atomic E-state index is 0.660. The summed E-state index contributed by atoms with van der Waals surface area (Å²) >= 11 is 9.53. The third kappa shape index (κ3) is 3.30. The Kier molecular flexibility index (Phi) is 5.00. The van der Waals surface area contributed by atoms with Crippen molar-refractivity contribution in [1.29, 1.82) is 0 Å². The molecular formula is C15H17BrClN3. The Balaban J connectivity index is 2.45. The van der Waals surface area contributed by atoms with E-state index in [9.17, 15) is 0 Å². The van der Waals surface area contributed by atoms with Gasteiger partial charge in [0.1, 0.15) is 5.82 Å². The second-order valence-corrected chi connectivity index (χ2v) is 5.92. The minimum Gasteiger partial charge on any atom is -0.370 e. The highest BCUT2D eigenvalue weighted by molar-refractivity contribution is 9.10. The highest BCUT2D eigenvalue weighted by Crippen LogP contribution is 2.28. The van der Waals surface area contributed by atoms with E-state index in [-0.39, 0.29) is 0 Å². The fourth-order valence-electron chi connectivity index (χ4n) is 1.81. The van der Waals surface area contributed by atoms with Gasteiger partial charge in [-0.15, -0.1) is 0 Å². The van der Waals surface area contributed by atoms with Gasteiger partial charge in [-0.3, -0.25) is 0 Å². The van der Waals surface area contributed by atoms with Crippen LogP contribution in [-0.4, -0.2) is 16.5 Å². The fraction of sp³-hybridized carbons (Fsp3) is 0.333. The predicted octanol–water partition coefficient (Wildman–Crippen LogP) is 5.00. The van der Waals surface area contributed by atoms with Gasteiger partial charge in [0.05, 0.1) is 5.02 Å². The number of benzene rings is 1. The topological polar surface area (TPSA) is 37.8 Å². The molecule has 0 unspecified atom stereocenters. The number of aryl methyl sites for hydroxylation is 1. The molecule has 5 heteroatoms. The van der Waals surface area contributed by atoms with Crippen LogP contribution in [0.2, 0.25) is 5.02 Å². The molecular weight excluding hydrogens is 338 g/mol. The van der Waals surface area contributed by atoms with Crippen molar-refractivity contribution < 1.29 is 0 Å². The first-order chi connectivity index (χ1) is 9.52. The maximum atomic E-state index is 6.14. The second kappa shape index (κ2) is 6.55. The smallest absolute Gasteiger partial charge is 0.161 e. The molecule has 2 aromatic rings. The summed E-state index contributed by atoms with van der Waals surface area (Å²) < 4.78 is 0.871. The lowest BCUT2D eigenvalue weighted by molar-refractivity contribution is 0.955. The lowest BCUT2D eigenvalue weighted by Gasteiger charge is -2.12. The van der Waals surface area contributed by atoms with E-state index >= 15 is 0 Å². The first kappa shape index (κ1) is 15.3. The summed E-state index contributed by atoms with van der Waals surface area (Å²) in [5, 5.41) is 4.01. The highest BCUT2D eigenvalue weighted by atomic mass is 79.9. The van der Waals surface area contributed by atoms with Crippen molar-refractivity contribution in [3.63, 3.8) is 0 Å². The Bertz CT molecular complexity index is 629. The van der Waals surface area contributed by atoms with Crippen LogP contribution in [0.5, 0.6) is 0 Å². The van der Waals surface area contributed by atoms with E-state index in [0.29, 0.717) is 10.8 Å². The number of rotatable bonds is 4. The molecule has 20 heavy (non-hydrogen) atoms. The van der Waals surface area contributed by atoms with Gasteiger partial charge in [0, 0.05) is 27.8 Å². The van der Waals surface area contributed by atoms with Crippen molar-refractivity contribution in [1.82, 2.24) is 9.97 Å². The average Bonchev–Trinajstić information content (AvgIpc) is 2.43. The van der Waals surface area contributed by atoms with Crippen molar-refractivity contribution in [3.05, 3.63) is 39.0 Å². The van der Waals surface area contributed by atoms with Crippen LogP contribution in [0.1, 0.15) is 24.6 Å². The van der Waals surface area contributed by atoms with Gasteiger partial charge in [-0.05, 0) is 54.4 Å². The highest BCUT2D eigenvalue weighted by Gasteiger charge is 2.10. The zero-order chi connectivity index (χ0) is 14.7. The van der Waals surface area contributed by atoms with Gasteiger partial charge in [0.25, 0.3) is 0 Å². The van der Waals surface area contributed by atoms with Crippen molar-refractivity contribution in [2.24, 2.45) is 0 Å². The van der Waals surface area contributed by atoms with Crippen LogP contribution in [-0.2, 0) is 0 Å². The molecule has 2 rings (SSSR count). The average molecular weight is 355 g/mol. The van der Waals surface area contributed by atoms with E-state index in [2.05, 4.69) is 38.1 Å². The molecule has 0 aliphatic carbocycles. The van der Waals surface area contributed by atoms with Crippen molar-refractivity contribution in [3.8, 4) is 11.4 Å². The van der Waals surface area contributed by atoms with Gasteiger partial charge in [-0.1, -0.05) is 18.5 Å². The van der Waals surface area contributed by atoms with E-state index in [4.69, 9.17) is 11.6 Å². The van der Waals surface area contributed by atoms with E-state index in [1.54, 1.807) is 0 Å². The van der Waals surface area contributed by atoms with Crippen LogP contribution in [0.4, 0.5) is 5.82 Å². The SMILES string of the molecule is CCCNc1nc(-c2ccc(Br)c(Cl)c2)nc(C)c1C. The summed E-state index contributed by atoms with van der Waals surface area (Å²) in [6.07, 6.45) is 1.06. The van der Waals surface area contributed by atoms with Gasteiger partial charge in [0.2, 0.25) is 0 Å². The van der Waals surface area contributed by atoms with Crippen LogP contribution < -0.4 is 5.32 Å². The number of aromatic nitrogens is 2. The Morgan fingerprint density at radius 3 is 2.65 bits per heavy atom. The predicted molar refractivity (Wildman–Crippen MR) is 88.4 cm³/mol. The summed E-state index contributed by atoms with van der Waals surface area (Å²) in [4.78, 5) is 9.17. The lowest BCUT2D eigenvalue weighted by atomic mass is 10.2. The zero-order valence-electron chi connectivity index (χ0n) is 11.8. The van der Waals surface area contributed by atoms with Gasteiger partial charge >= 0.3 is 0 Å². The summed E-state index contributed by atoms with van der Waals surface area (Å²) in [6, 6.07) is 5.75. The quantitative estimate of drug-likeness (QED) is 0.839. The Labute approximate surface area is 132 Å². The number of nitrogens with one attached hydrogen (secondary N) is 1. The van der Waals surface area contributed by atoms with E-state index in [1.165, 1.54) is 0 Å². The maximum absolute atomic E-state index is 6.14. The first-order valence-corrected chi connectivity index (χ1v) is 7.74. The fourth-order valence-corrected chi connectivity index (χ4v) is 2.24. The Hall–Kier alpha value is -1.13. The standard InChI is InChI=1S/C15H17BrClN3/c1-4-7-18-14-9(2)10(3)19-15(20-14)11-5-6-12(16)13(17)8-11/h5-6,8H,4,7H2,1-3H3,(H,18,19,20). The molecule has 0 radical (unpaired) electrons. The van der Waals surface area contributed by atoms with E-state index < -0.39 is 0 Å². The molecule has 3 nitrogen and oxygen atoms in total. The summed E-state index contributed by atoms with van der Waals surface area (Å²) in [7, 11) is 0. The molecule has 1 N–H and O–H groups in total. The number of halogens is 2. The van der Waals surface area contributed by atoms with E-state index in [0.717, 1.165) is 40.1 Å². The van der Waals surface area contributed by atoms with Crippen LogP contribution in [0.15, 0.2) is 22.7 Å². The first-order valence-electron chi connectivity index (χ1n) is 6.57. The number of hydrogen-bond acceptors (Lipinski definition) is 3. The Morgan fingerprint density at radius 2 is 2.00 bits per heavy atom. The van der Waals surface area contributed by atoms with Crippen LogP contribution >= 0.6 is 27.5 Å². The van der Waals surface area contributed by atoms with Gasteiger partial charge in [0.15, 0.2) is 5.82 Å². The molecule has 1 heterocycles. The largest absolute Gasteiger partial charge is 0.370 e. The van der Waals surface area contributed by atoms with Gasteiger partial charge < -0.3 is 5.32 Å². The Morgan fingerprint density at radius 1 is 1.25 bits per heavy atom. The van der Waals surface area contributed by atoms with Crippen molar-refractivity contribution in [2.45, 2.75) is 27.2 Å². The van der Waals surface area contributed by atoms with Crippen LogP contribution in [0.25, 0.3) is 11.4 Å². The lowest BCUT2D eigenvalue weighted by Crippen LogP contribution is -2.07. The normalized spacial score (nSPS) is 10.7. The van der Waals surface area contributed by atoms with Gasteiger partial charge in [-0.2, -0.15) is 0 Å². The molecule has 0 aliphatic heterocycles. The number of anilines is 1. The molecule has 0 atom stereocenters. The van der Waals surface area contributed by atoms with Crippen LogP contribution in [0, 0.1) is 13.8 Å². The molecule has 1 aromatic carbocycles. The second-order valence-electron chi connectivity index (χ2n) is 4.66. The summed E-state index contributed by atoms with van der Waals surface area (Å²) in [5.41, 5.74) is 2.99. The maximum Gasteiger partial charge on any atom is 0.161 e. The minimum absolute atomic E-state index is 0.660. The van der Waals surface area contributed by atoms with Crippen molar-refractivity contribution in [2.75, 3.05) is 11.9 Å². The third-order valence-electron chi connectivity index (χ3n) is 3.11. The van der Waals surface area contributed by atoms with E-state index in [1.807, 2.05) is 32.0 Å². The molecule has 0 bridgehead atoms. The van der Waals surface area contributed by atoms with Crippen LogP contribution in [0.3, 0.4) is 0 Å². The number of hydrogen-bond donors (Lipinski definition) is 1. The van der Waals surface area contributed by atoms with Crippen molar-refractivity contribution >= 4 is 33.3 Å². The summed E-state index contributed by atoms with van der Waals surface area (Å²) in [5.74, 6) is 1.59. The molecule has 0 saturated carbocycles. The molecule has 0 fully saturated rings. The molecule has 0 amide bonds. The third-order valence-corrected chi connectivity index (χ3v) is 4.34. The van der Waals surface area contributed by atoms with Gasteiger partial charge in [-0.25, -0.2) is 9.97 Å². The molecule has 0 aliphatic rings.